The Kier molecular flexibility index (Phi) is 7.08. The van der Waals surface area contributed by atoms with Crippen LogP contribution in [-0.4, -0.2) is 30.9 Å². The molecular formula is C15H20O5S. The van der Waals surface area contributed by atoms with Crippen molar-refractivity contribution in [1.82, 2.24) is 0 Å². The molecular weight excluding hydrogens is 292 g/mol. The summed E-state index contributed by atoms with van der Waals surface area (Å²) in [6, 6.07) is 3.63. The van der Waals surface area contributed by atoms with E-state index in [1.54, 1.807) is 13.8 Å². The van der Waals surface area contributed by atoms with E-state index < -0.39 is 23.8 Å². The topological polar surface area (TPSA) is 69.7 Å². The highest BCUT2D eigenvalue weighted by atomic mass is 32.1. The Labute approximate surface area is 128 Å². The van der Waals surface area contributed by atoms with Crippen LogP contribution in [0, 0.1) is 5.92 Å². The molecule has 0 unspecified atom stereocenters. The third-order valence-electron chi connectivity index (χ3n) is 2.90. The van der Waals surface area contributed by atoms with Gasteiger partial charge in [0.05, 0.1) is 13.2 Å². The van der Waals surface area contributed by atoms with Crippen LogP contribution in [0.15, 0.2) is 17.5 Å². The van der Waals surface area contributed by atoms with Crippen molar-refractivity contribution >= 4 is 29.1 Å². The maximum atomic E-state index is 12.1. The maximum Gasteiger partial charge on any atom is 0.320 e. The van der Waals surface area contributed by atoms with Crippen LogP contribution >= 0.6 is 11.3 Å². The van der Waals surface area contributed by atoms with Gasteiger partial charge >= 0.3 is 11.9 Å². The Morgan fingerprint density at radius 3 is 2.10 bits per heavy atom. The molecule has 0 radical (unpaired) electrons. The molecule has 0 fully saturated rings. The van der Waals surface area contributed by atoms with Crippen LogP contribution in [0.1, 0.15) is 38.0 Å². The van der Waals surface area contributed by atoms with Gasteiger partial charge in [0.1, 0.15) is 5.78 Å². The average Bonchev–Trinajstić information content (AvgIpc) is 2.91. The number of hydrogen-bond donors (Lipinski definition) is 0. The highest BCUT2D eigenvalue weighted by Crippen LogP contribution is 2.33. The number of ether oxygens (including phenoxy) is 2. The van der Waals surface area contributed by atoms with Gasteiger partial charge in [-0.2, -0.15) is 0 Å². The fourth-order valence-electron chi connectivity index (χ4n) is 2.08. The molecule has 116 valence electrons. The fourth-order valence-corrected chi connectivity index (χ4v) is 2.95. The molecule has 0 aliphatic heterocycles. The summed E-state index contributed by atoms with van der Waals surface area (Å²) in [6.07, 6.45) is 0.100. The van der Waals surface area contributed by atoms with Crippen molar-refractivity contribution in [2.24, 2.45) is 5.92 Å². The van der Waals surface area contributed by atoms with Crippen LogP contribution in [0.25, 0.3) is 0 Å². The van der Waals surface area contributed by atoms with Gasteiger partial charge in [-0.1, -0.05) is 6.07 Å². The van der Waals surface area contributed by atoms with Crippen LogP contribution in [0.4, 0.5) is 0 Å². The molecule has 0 spiro atoms. The Bertz CT molecular complexity index is 462. The lowest BCUT2D eigenvalue weighted by molar-refractivity contribution is -0.162. The lowest BCUT2D eigenvalue weighted by atomic mass is 9.86. The Balaban J connectivity index is 3.12. The molecule has 0 aliphatic rings. The van der Waals surface area contributed by atoms with E-state index in [0.29, 0.717) is 0 Å². The van der Waals surface area contributed by atoms with Crippen LogP contribution in [0.2, 0.25) is 0 Å². The molecule has 0 saturated heterocycles. The Morgan fingerprint density at radius 2 is 1.71 bits per heavy atom. The largest absolute Gasteiger partial charge is 0.465 e. The zero-order valence-electron chi connectivity index (χ0n) is 12.5. The average molecular weight is 312 g/mol. The van der Waals surface area contributed by atoms with E-state index in [0.717, 1.165) is 4.88 Å². The van der Waals surface area contributed by atoms with Crippen molar-refractivity contribution in [1.29, 1.82) is 0 Å². The molecule has 0 aliphatic carbocycles. The second kappa shape index (κ2) is 8.56. The number of carbonyl (C=O) groups is 3. The molecule has 1 aromatic rings. The molecule has 1 heterocycles. The SMILES string of the molecule is CCOC(=O)C(C(=O)OCC)[C@H](CC(C)=O)c1cccs1. The van der Waals surface area contributed by atoms with Gasteiger partial charge < -0.3 is 14.3 Å². The minimum atomic E-state index is -1.10. The fraction of sp³-hybridized carbons (Fsp3) is 0.533. The van der Waals surface area contributed by atoms with E-state index >= 15 is 0 Å². The first-order valence-electron chi connectivity index (χ1n) is 6.87. The van der Waals surface area contributed by atoms with E-state index in [9.17, 15) is 14.4 Å². The minimum absolute atomic E-state index is 0.0907. The quantitative estimate of drug-likeness (QED) is 0.545. The van der Waals surface area contributed by atoms with Gasteiger partial charge in [0.2, 0.25) is 0 Å². The molecule has 0 amide bonds. The van der Waals surface area contributed by atoms with Crippen LogP contribution in [0.5, 0.6) is 0 Å². The summed E-state index contributed by atoms with van der Waals surface area (Å²) in [6.45, 7) is 5.13. The smallest absolute Gasteiger partial charge is 0.320 e. The van der Waals surface area contributed by atoms with Gasteiger partial charge in [-0.05, 0) is 32.2 Å². The number of thiophene rings is 1. The van der Waals surface area contributed by atoms with Crippen molar-refractivity contribution < 1.29 is 23.9 Å². The summed E-state index contributed by atoms with van der Waals surface area (Å²) < 4.78 is 9.97. The van der Waals surface area contributed by atoms with Crippen LogP contribution < -0.4 is 0 Å². The number of rotatable bonds is 8. The number of Topliss-reactive ketones (excluding diaryl/α,β-unsaturated/α-hetero) is 1. The summed E-state index contributed by atoms with van der Waals surface area (Å²) in [5.41, 5.74) is 0. The molecule has 0 N–H and O–H groups in total. The first-order valence-corrected chi connectivity index (χ1v) is 7.75. The summed E-state index contributed by atoms with van der Waals surface area (Å²) in [7, 11) is 0. The predicted molar refractivity (Wildman–Crippen MR) is 79.1 cm³/mol. The molecule has 1 rings (SSSR count). The third kappa shape index (κ3) is 4.97. The zero-order valence-corrected chi connectivity index (χ0v) is 13.3. The molecule has 0 bridgehead atoms. The monoisotopic (exact) mass is 312 g/mol. The second-order valence-electron chi connectivity index (χ2n) is 4.51. The van der Waals surface area contributed by atoms with Crippen molar-refractivity contribution in [2.75, 3.05) is 13.2 Å². The lowest BCUT2D eigenvalue weighted by Crippen LogP contribution is -2.34. The van der Waals surface area contributed by atoms with Gasteiger partial charge in [-0.25, -0.2) is 0 Å². The first kappa shape index (κ1) is 17.4. The molecule has 0 saturated carbocycles. The van der Waals surface area contributed by atoms with E-state index in [1.165, 1.54) is 18.3 Å². The van der Waals surface area contributed by atoms with E-state index in [2.05, 4.69) is 0 Å². The summed E-state index contributed by atoms with van der Waals surface area (Å²) in [5, 5.41) is 1.84. The molecule has 1 atom stereocenters. The van der Waals surface area contributed by atoms with Gasteiger partial charge in [-0.3, -0.25) is 9.59 Å². The van der Waals surface area contributed by atoms with E-state index in [4.69, 9.17) is 9.47 Å². The maximum absolute atomic E-state index is 12.1. The van der Waals surface area contributed by atoms with Crippen molar-refractivity contribution in [3.63, 3.8) is 0 Å². The summed E-state index contributed by atoms with van der Waals surface area (Å²) in [5.74, 6) is -3.02. The third-order valence-corrected chi connectivity index (χ3v) is 3.90. The van der Waals surface area contributed by atoms with Crippen molar-refractivity contribution in [3.05, 3.63) is 22.4 Å². The molecule has 21 heavy (non-hydrogen) atoms. The number of carbonyl (C=O) groups excluding carboxylic acids is 3. The predicted octanol–water partition coefficient (Wildman–Crippen LogP) is 2.55. The molecule has 5 nitrogen and oxygen atoms in total. The lowest BCUT2D eigenvalue weighted by Gasteiger charge is -2.22. The number of esters is 2. The van der Waals surface area contributed by atoms with Crippen LogP contribution in [-0.2, 0) is 23.9 Å². The highest BCUT2D eigenvalue weighted by molar-refractivity contribution is 7.10. The van der Waals surface area contributed by atoms with Crippen molar-refractivity contribution in [3.8, 4) is 0 Å². The minimum Gasteiger partial charge on any atom is -0.465 e. The van der Waals surface area contributed by atoms with E-state index in [-0.39, 0.29) is 25.4 Å². The molecule has 0 aromatic carbocycles. The van der Waals surface area contributed by atoms with Gasteiger partial charge in [0, 0.05) is 17.2 Å². The molecule has 6 heteroatoms. The van der Waals surface area contributed by atoms with Crippen LogP contribution in [0.3, 0.4) is 0 Å². The summed E-state index contributed by atoms with van der Waals surface area (Å²) >= 11 is 1.40. The second-order valence-corrected chi connectivity index (χ2v) is 5.49. The standard InChI is InChI=1S/C15H20O5S/c1-4-19-14(17)13(15(18)20-5-2)11(9-10(3)16)12-7-6-8-21-12/h6-8,11,13H,4-5,9H2,1-3H3/t11-/m1/s1. The summed E-state index contributed by atoms with van der Waals surface area (Å²) in [4.78, 5) is 36.6. The molecule has 1 aromatic heterocycles. The number of ketones is 1. The normalized spacial score (nSPS) is 12.0. The highest BCUT2D eigenvalue weighted by Gasteiger charge is 2.39. The Morgan fingerprint density at radius 1 is 1.14 bits per heavy atom. The van der Waals surface area contributed by atoms with Crippen molar-refractivity contribution in [2.45, 2.75) is 33.1 Å². The first-order chi connectivity index (χ1) is 10.0. The Hall–Kier alpha value is -1.69. The van der Waals surface area contributed by atoms with Gasteiger partial charge in [-0.15, -0.1) is 11.3 Å². The van der Waals surface area contributed by atoms with E-state index in [1.807, 2.05) is 17.5 Å². The number of hydrogen-bond acceptors (Lipinski definition) is 6. The van der Waals surface area contributed by atoms with Gasteiger partial charge in [0.25, 0.3) is 0 Å². The zero-order chi connectivity index (χ0) is 15.8. The van der Waals surface area contributed by atoms with Gasteiger partial charge in [0.15, 0.2) is 5.92 Å².